The summed E-state index contributed by atoms with van der Waals surface area (Å²) >= 11 is 1.28. The standard InChI is InChI=1S/C27H25N5O2S/c1-3-18(2)19-13-15-20(16-14-19)28-24(33)17-35-27-30-29-26-31(21-9-5-4-6-10-21)25(34)22-11-7-8-12-23(22)32(26)27/h4-16,18H,3,17H2,1-2H3,(H,28,33)/t18-/m0/s1. The van der Waals surface area contributed by atoms with Crippen molar-refractivity contribution >= 4 is 40.0 Å². The fourth-order valence-electron chi connectivity index (χ4n) is 4.04. The minimum atomic E-state index is -0.165. The van der Waals surface area contributed by atoms with Crippen molar-refractivity contribution in [3.8, 4) is 5.69 Å². The molecule has 0 bridgehead atoms. The van der Waals surface area contributed by atoms with Gasteiger partial charge < -0.3 is 5.32 Å². The summed E-state index contributed by atoms with van der Waals surface area (Å²) in [6, 6.07) is 24.7. The van der Waals surface area contributed by atoms with Crippen LogP contribution in [0.25, 0.3) is 22.4 Å². The number of carbonyl (C=O) groups excluding carboxylic acids is 1. The Bertz CT molecular complexity index is 1560. The molecule has 3 aromatic carbocycles. The zero-order valence-corrected chi connectivity index (χ0v) is 20.3. The van der Waals surface area contributed by atoms with Gasteiger partial charge in [-0.05, 0) is 54.3 Å². The van der Waals surface area contributed by atoms with Crippen LogP contribution in [0.4, 0.5) is 5.69 Å². The number of nitrogens with one attached hydrogen (secondary N) is 1. The molecule has 2 aromatic heterocycles. The molecule has 7 nitrogen and oxygen atoms in total. The normalized spacial score (nSPS) is 12.2. The fourth-order valence-corrected chi connectivity index (χ4v) is 4.78. The van der Waals surface area contributed by atoms with Crippen molar-refractivity contribution in [3.05, 3.63) is 94.8 Å². The van der Waals surface area contributed by atoms with E-state index in [0.717, 1.165) is 12.1 Å². The first kappa shape index (κ1) is 22.9. The minimum Gasteiger partial charge on any atom is -0.325 e. The number of hydrogen-bond acceptors (Lipinski definition) is 5. The van der Waals surface area contributed by atoms with E-state index in [1.165, 1.54) is 17.3 Å². The fraction of sp³-hybridized carbons (Fsp3) is 0.185. The lowest BCUT2D eigenvalue weighted by Gasteiger charge is -2.11. The Labute approximate surface area is 206 Å². The van der Waals surface area contributed by atoms with Crippen LogP contribution in [0.1, 0.15) is 31.7 Å². The molecule has 0 unspecified atom stereocenters. The monoisotopic (exact) mass is 483 g/mol. The van der Waals surface area contributed by atoms with Crippen molar-refractivity contribution in [1.29, 1.82) is 0 Å². The lowest BCUT2D eigenvalue weighted by molar-refractivity contribution is -0.113. The van der Waals surface area contributed by atoms with Gasteiger partial charge in [-0.15, -0.1) is 10.2 Å². The molecule has 5 rings (SSSR count). The summed E-state index contributed by atoms with van der Waals surface area (Å²) in [5.41, 5.74) is 3.26. The van der Waals surface area contributed by atoms with E-state index in [9.17, 15) is 9.59 Å². The summed E-state index contributed by atoms with van der Waals surface area (Å²) in [7, 11) is 0. The number of benzene rings is 3. The van der Waals surface area contributed by atoms with Gasteiger partial charge >= 0.3 is 0 Å². The van der Waals surface area contributed by atoms with Gasteiger partial charge in [0.2, 0.25) is 11.7 Å². The second-order valence-electron chi connectivity index (χ2n) is 8.38. The summed E-state index contributed by atoms with van der Waals surface area (Å²) in [6.45, 7) is 4.35. The first-order chi connectivity index (χ1) is 17.1. The average molecular weight is 484 g/mol. The predicted octanol–water partition coefficient (Wildman–Crippen LogP) is 5.28. The van der Waals surface area contributed by atoms with Crippen LogP contribution in [0.3, 0.4) is 0 Å². The van der Waals surface area contributed by atoms with Gasteiger partial charge in [0.15, 0.2) is 5.16 Å². The van der Waals surface area contributed by atoms with E-state index in [2.05, 4.69) is 41.5 Å². The molecule has 0 aliphatic rings. The van der Waals surface area contributed by atoms with Crippen LogP contribution >= 0.6 is 11.8 Å². The van der Waals surface area contributed by atoms with Gasteiger partial charge in [0.05, 0.1) is 22.3 Å². The summed E-state index contributed by atoms with van der Waals surface area (Å²) in [5, 5.41) is 12.7. The minimum absolute atomic E-state index is 0.135. The molecule has 0 spiro atoms. The zero-order chi connectivity index (χ0) is 24.4. The summed E-state index contributed by atoms with van der Waals surface area (Å²) in [6.07, 6.45) is 1.07. The third-order valence-electron chi connectivity index (χ3n) is 6.12. The van der Waals surface area contributed by atoms with Crippen LogP contribution in [0.5, 0.6) is 0 Å². The number of aromatic nitrogens is 4. The van der Waals surface area contributed by atoms with E-state index < -0.39 is 0 Å². The van der Waals surface area contributed by atoms with Gasteiger partial charge in [-0.1, -0.05) is 68.1 Å². The number of nitrogens with zero attached hydrogens (tertiary/aromatic N) is 4. The van der Waals surface area contributed by atoms with Crippen LogP contribution in [0.2, 0.25) is 0 Å². The van der Waals surface area contributed by atoms with Crippen LogP contribution in [-0.4, -0.2) is 30.8 Å². The van der Waals surface area contributed by atoms with E-state index in [0.29, 0.717) is 33.4 Å². The molecular weight excluding hydrogens is 458 g/mol. The van der Waals surface area contributed by atoms with Gasteiger partial charge in [-0.3, -0.25) is 14.0 Å². The van der Waals surface area contributed by atoms with Crippen molar-refractivity contribution in [2.24, 2.45) is 0 Å². The van der Waals surface area contributed by atoms with Crippen molar-refractivity contribution in [1.82, 2.24) is 19.2 Å². The SMILES string of the molecule is CC[C@H](C)c1ccc(NC(=O)CSc2nnc3n(-c4ccccc4)c(=O)c4ccccc4n23)cc1. The van der Waals surface area contributed by atoms with E-state index in [1.807, 2.05) is 65.1 Å². The molecule has 5 aromatic rings. The average Bonchev–Trinajstić information content (AvgIpc) is 3.32. The molecule has 0 saturated heterocycles. The topological polar surface area (TPSA) is 81.3 Å². The molecule has 0 aliphatic carbocycles. The second-order valence-corrected chi connectivity index (χ2v) is 9.32. The predicted molar refractivity (Wildman–Crippen MR) is 141 cm³/mol. The lowest BCUT2D eigenvalue weighted by Crippen LogP contribution is -2.21. The van der Waals surface area contributed by atoms with Gasteiger partial charge in [0.1, 0.15) is 0 Å². The zero-order valence-electron chi connectivity index (χ0n) is 19.5. The Morgan fingerprint density at radius 2 is 1.69 bits per heavy atom. The van der Waals surface area contributed by atoms with Crippen molar-refractivity contribution in [2.75, 3.05) is 11.1 Å². The maximum absolute atomic E-state index is 13.3. The first-order valence-corrected chi connectivity index (χ1v) is 12.5. The Hall–Kier alpha value is -3.91. The summed E-state index contributed by atoms with van der Waals surface area (Å²) in [4.78, 5) is 26.0. The number of para-hydroxylation sites is 2. The lowest BCUT2D eigenvalue weighted by atomic mass is 9.99. The Morgan fingerprint density at radius 3 is 2.43 bits per heavy atom. The number of thioether (sulfide) groups is 1. The smallest absolute Gasteiger partial charge is 0.267 e. The maximum Gasteiger partial charge on any atom is 0.267 e. The van der Waals surface area contributed by atoms with Crippen molar-refractivity contribution in [2.45, 2.75) is 31.3 Å². The molecule has 35 heavy (non-hydrogen) atoms. The molecule has 1 N–H and O–H groups in total. The Balaban J connectivity index is 1.44. The molecule has 0 radical (unpaired) electrons. The van der Waals surface area contributed by atoms with E-state index in [-0.39, 0.29) is 17.2 Å². The Morgan fingerprint density at radius 1 is 0.971 bits per heavy atom. The van der Waals surface area contributed by atoms with E-state index in [1.54, 1.807) is 10.6 Å². The van der Waals surface area contributed by atoms with E-state index >= 15 is 0 Å². The molecule has 2 heterocycles. The van der Waals surface area contributed by atoms with Crippen LogP contribution < -0.4 is 10.9 Å². The molecule has 0 fully saturated rings. The molecule has 0 aliphatic heterocycles. The van der Waals surface area contributed by atoms with Gasteiger partial charge in [-0.2, -0.15) is 0 Å². The highest BCUT2D eigenvalue weighted by atomic mass is 32.2. The Kier molecular flexibility index (Phi) is 6.37. The van der Waals surface area contributed by atoms with Crippen LogP contribution in [-0.2, 0) is 4.79 Å². The maximum atomic E-state index is 13.3. The number of rotatable bonds is 7. The molecule has 1 amide bonds. The number of anilines is 1. The van der Waals surface area contributed by atoms with Gasteiger partial charge in [-0.25, -0.2) is 4.57 Å². The summed E-state index contributed by atoms with van der Waals surface area (Å²) in [5.74, 6) is 0.916. The highest BCUT2D eigenvalue weighted by Crippen LogP contribution is 2.24. The molecule has 0 saturated carbocycles. The first-order valence-electron chi connectivity index (χ1n) is 11.5. The third-order valence-corrected chi connectivity index (χ3v) is 7.05. The van der Waals surface area contributed by atoms with Crippen LogP contribution in [0, 0.1) is 0 Å². The van der Waals surface area contributed by atoms with Crippen LogP contribution in [0.15, 0.2) is 88.8 Å². The highest BCUT2D eigenvalue weighted by molar-refractivity contribution is 7.99. The highest BCUT2D eigenvalue weighted by Gasteiger charge is 2.18. The molecular formula is C27H25N5O2S. The number of hydrogen-bond donors (Lipinski definition) is 1. The van der Waals surface area contributed by atoms with Crippen molar-refractivity contribution < 1.29 is 4.79 Å². The molecule has 1 atom stereocenters. The molecule has 8 heteroatoms. The molecule has 176 valence electrons. The van der Waals surface area contributed by atoms with E-state index in [4.69, 9.17) is 0 Å². The number of fused-ring (bicyclic) bond motifs is 3. The number of amides is 1. The summed E-state index contributed by atoms with van der Waals surface area (Å²) < 4.78 is 3.39. The quantitative estimate of drug-likeness (QED) is 0.319. The van der Waals surface area contributed by atoms with Gasteiger partial charge in [0, 0.05) is 5.69 Å². The number of carbonyl (C=O) groups is 1. The van der Waals surface area contributed by atoms with Crippen molar-refractivity contribution in [3.63, 3.8) is 0 Å². The third kappa shape index (κ3) is 4.44. The van der Waals surface area contributed by atoms with Gasteiger partial charge in [0.25, 0.3) is 5.56 Å². The second kappa shape index (κ2) is 9.76. The largest absolute Gasteiger partial charge is 0.325 e.